The van der Waals surface area contributed by atoms with Crippen LogP contribution < -0.4 is 5.32 Å². The SMILES string of the molecule is O=C1N/C(=N\N=C\c2ccc([N+](=O)[O-])cc2)SC1CCO. The molecule has 1 heterocycles. The van der Waals surface area contributed by atoms with Crippen molar-refractivity contribution in [2.75, 3.05) is 6.61 Å². The molecule has 0 aromatic heterocycles. The van der Waals surface area contributed by atoms with Crippen LogP contribution in [-0.2, 0) is 4.79 Å². The molecule has 110 valence electrons. The van der Waals surface area contributed by atoms with Crippen LogP contribution in [0.5, 0.6) is 0 Å². The third kappa shape index (κ3) is 4.10. The predicted molar refractivity (Wildman–Crippen MR) is 79.3 cm³/mol. The van der Waals surface area contributed by atoms with Gasteiger partial charge in [0, 0.05) is 18.7 Å². The average molecular weight is 308 g/mol. The third-order valence-electron chi connectivity index (χ3n) is 2.63. The number of nitro groups is 1. The van der Waals surface area contributed by atoms with Crippen LogP contribution in [0.4, 0.5) is 5.69 Å². The molecule has 1 amide bonds. The molecule has 0 radical (unpaired) electrons. The fourth-order valence-electron chi connectivity index (χ4n) is 1.59. The van der Waals surface area contributed by atoms with Crippen LogP contribution in [0.1, 0.15) is 12.0 Å². The number of amidine groups is 1. The van der Waals surface area contributed by atoms with Gasteiger partial charge in [-0.1, -0.05) is 11.8 Å². The van der Waals surface area contributed by atoms with Crippen LogP contribution in [0.15, 0.2) is 34.5 Å². The van der Waals surface area contributed by atoms with E-state index >= 15 is 0 Å². The van der Waals surface area contributed by atoms with E-state index in [2.05, 4.69) is 15.5 Å². The summed E-state index contributed by atoms with van der Waals surface area (Å²) in [6.45, 7) is -0.0651. The zero-order chi connectivity index (χ0) is 15.2. The van der Waals surface area contributed by atoms with Gasteiger partial charge in [-0.05, 0) is 24.1 Å². The largest absolute Gasteiger partial charge is 0.396 e. The zero-order valence-corrected chi connectivity index (χ0v) is 11.6. The predicted octanol–water partition coefficient (Wildman–Crippen LogP) is 0.899. The van der Waals surface area contributed by atoms with Gasteiger partial charge in [-0.2, -0.15) is 5.10 Å². The number of nitro benzene ring substituents is 1. The average Bonchev–Trinajstić information content (AvgIpc) is 2.80. The van der Waals surface area contributed by atoms with E-state index in [-0.39, 0.29) is 23.5 Å². The molecule has 0 saturated carbocycles. The molecule has 9 heteroatoms. The van der Waals surface area contributed by atoms with E-state index in [9.17, 15) is 14.9 Å². The number of rotatable bonds is 5. The summed E-state index contributed by atoms with van der Waals surface area (Å²) in [5, 5.41) is 29.6. The Kier molecular flexibility index (Phi) is 5.01. The minimum atomic E-state index is -0.479. The van der Waals surface area contributed by atoms with Crippen LogP contribution >= 0.6 is 11.8 Å². The zero-order valence-electron chi connectivity index (χ0n) is 10.8. The van der Waals surface area contributed by atoms with E-state index in [1.807, 2.05) is 0 Å². The molecule has 1 fully saturated rings. The summed E-state index contributed by atoms with van der Waals surface area (Å²) < 4.78 is 0. The van der Waals surface area contributed by atoms with Crippen molar-refractivity contribution in [1.29, 1.82) is 0 Å². The number of hydrogen-bond acceptors (Lipinski definition) is 7. The first-order valence-electron chi connectivity index (χ1n) is 6.04. The third-order valence-corrected chi connectivity index (χ3v) is 3.77. The Morgan fingerprint density at radius 2 is 2.14 bits per heavy atom. The number of amides is 1. The molecule has 0 spiro atoms. The molecule has 1 saturated heterocycles. The highest BCUT2D eigenvalue weighted by molar-refractivity contribution is 8.15. The first-order valence-corrected chi connectivity index (χ1v) is 6.92. The second-order valence-electron chi connectivity index (χ2n) is 4.11. The molecule has 1 aromatic carbocycles. The Balaban J connectivity index is 1.97. The standard InChI is InChI=1S/C12H12N4O4S/c17-6-5-10-11(18)14-12(21-10)15-13-7-8-1-3-9(4-2-8)16(19)20/h1-4,7,10,17H,5-6H2,(H,14,15,18)/b13-7+. The molecule has 1 unspecified atom stereocenters. The lowest BCUT2D eigenvalue weighted by Gasteiger charge is -1.98. The molecule has 1 aliphatic heterocycles. The molecule has 8 nitrogen and oxygen atoms in total. The van der Waals surface area contributed by atoms with Crippen LogP contribution in [-0.4, -0.2) is 39.2 Å². The van der Waals surface area contributed by atoms with Crippen molar-refractivity contribution in [3.8, 4) is 0 Å². The highest BCUT2D eigenvalue weighted by atomic mass is 32.2. The van der Waals surface area contributed by atoms with E-state index in [1.54, 1.807) is 12.1 Å². The second-order valence-corrected chi connectivity index (χ2v) is 5.30. The summed E-state index contributed by atoms with van der Waals surface area (Å²) in [7, 11) is 0. The Hall–Kier alpha value is -2.26. The number of benzene rings is 1. The first kappa shape index (κ1) is 15.1. The number of aliphatic hydroxyl groups is 1. The minimum Gasteiger partial charge on any atom is -0.396 e. The number of nitrogens with zero attached hydrogens (tertiary/aromatic N) is 3. The fourth-order valence-corrected chi connectivity index (χ4v) is 2.50. The number of carbonyl (C=O) groups is 1. The summed E-state index contributed by atoms with van der Waals surface area (Å²) in [5.41, 5.74) is 0.662. The maximum atomic E-state index is 11.5. The molecule has 21 heavy (non-hydrogen) atoms. The van der Waals surface area contributed by atoms with Crippen molar-refractivity contribution in [3.05, 3.63) is 39.9 Å². The Morgan fingerprint density at radius 3 is 2.76 bits per heavy atom. The fraction of sp³-hybridized carbons (Fsp3) is 0.250. The molecule has 0 aliphatic carbocycles. The lowest BCUT2D eigenvalue weighted by Crippen LogP contribution is -2.25. The van der Waals surface area contributed by atoms with Crippen LogP contribution in [0.2, 0.25) is 0 Å². The second kappa shape index (κ2) is 6.95. The van der Waals surface area contributed by atoms with Crippen LogP contribution in [0, 0.1) is 10.1 Å². The van der Waals surface area contributed by atoms with Gasteiger partial charge < -0.3 is 10.4 Å². The molecular weight excluding hydrogens is 296 g/mol. The number of hydrogen-bond donors (Lipinski definition) is 2. The van der Waals surface area contributed by atoms with Crippen molar-refractivity contribution in [2.45, 2.75) is 11.7 Å². The number of aliphatic hydroxyl groups excluding tert-OH is 1. The number of thioether (sulfide) groups is 1. The molecule has 0 bridgehead atoms. The van der Waals surface area contributed by atoms with Crippen molar-refractivity contribution in [2.24, 2.45) is 10.2 Å². The molecule has 1 aromatic rings. The summed E-state index contributed by atoms with van der Waals surface area (Å²) >= 11 is 1.21. The van der Waals surface area contributed by atoms with E-state index in [0.29, 0.717) is 17.2 Å². The van der Waals surface area contributed by atoms with Gasteiger partial charge in [0.25, 0.3) is 5.69 Å². The van der Waals surface area contributed by atoms with E-state index in [0.717, 1.165) is 0 Å². The van der Waals surface area contributed by atoms with Crippen molar-refractivity contribution >= 4 is 34.7 Å². The van der Waals surface area contributed by atoms with Gasteiger partial charge in [0.2, 0.25) is 5.91 Å². The maximum absolute atomic E-state index is 11.5. The van der Waals surface area contributed by atoms with Crippen molar-refractivity contribution in [3.63, 3.8) is 0 Å². The van der Waals surface area contributed by atoms with Gasteiger partial charge in [0.05, 0.1) is 16.4 Å². The summed E-state index contributed by atoms with van der Waals surface area (Å²) in [4.78, 5) is 21.5. The number of carbonyl (C=O) groups excluding carboxylic acids is 1. The maximum Gasteiger partial charge on any atom is 0.269 e. The lowest BCUT2D eigenvalue weighted by atomic mass is 10.2. The highest BCUT2D eigenvalue weighted by Gasteiger charge is 2.29. The Bertz CT molecular complexity index is 600. The highest BCUT2D eigenvalue weighted by Crippen LogP contribution is 2.21. The van der Waals surface area contributed by atoms with E-state index < -0.39 is 4.92 Å². The van der Waals surface area contributed by atoms with E-state index in [1.165, 1.54) is 30.1 Å². The van der Waals surface area contributed by atoms with Crippen LogP contribution in [0.25, 0.3) is 0 Å². The molecule has 2 rings (SSSR count). The van der Waals surface area contributed by atoms with Crippen molar-refractivity contribution in [1.82, 2.24) is 5.32 Å². The van der Waals surface area contributed by atoms with Crippen LogP contribution in [0.3, 0.4) is 0 Å². The van der Waals surface area contributed by atoms with Gasteiger partial charge in [-0.25, -0.2) is 0 Å². The van der Waals surface area contributed by atoms with E-state index in [4.69, 9.17) is 5.11 Å². The summed E-state index contributed by atoms with van der Waals surface area (Å²) in [5.74, 6) is -0.196. The van der Waals surface area contributed by atoms with Gasteiger partial charge in [-0.15, -0.1) is 5.10 Å². The summed E-state index contributed by atoms with van der Waals surface area (Å²) in [6, 6.07) is 5.85. The van der Waals surface area contributed by atoms with Gasteiger partial charge >= 0.3 is 0 Å². The summed E-state index contributed by atoms with van der Waals surface area (Å²) in [6.07, 6.45) is 1.80. The number of nitrogens with one attached hydrogen (secondary N) is 1. The lowest BCUT2D eigenvalue weighted by molar-refractivity contribution is -0.384. The number of non-ortho nitro benzene ring substituents is 1. The molecule has 2 N–H and O–H groups in total. The van der Waals surface area contributed by atoms with Crippen molar-refractivity contribution < 1.29 is 14.8 Å². The molecular formula is C12H12N4O4S. The Morgan fingerprint density at radius 1 is 1.43 bits per heavy atom. The normalized spacial score (nSPS) is 20.1. The molecule has 1 atom stereocenters. The monoisotopic (exact) mass is 308 g/mol. The topological polar surface area (TPSA) is 117 Å². The van der Waals surface area contributed by atoms with Gasteiger partial charge in [0.1, 0.15) is 0 Å². The molecule has 1 aliphatic rings. The van der Waals surface area contributed by atoms with Gasteiger partial charge in [0.15, 0.2) is 5.17 Å². The first-order chi connectivity index (χ1) is 10.1. The Labute approximate surface area is 124 Å². The quantitative estimate of drug-likeness (QED) is 0.476. The van der Waals surface area contributed by atoms with Gasteiger partial charge in [-0.3, -0.25) is 14.9 Å². The smallest absolute Gasteiger partial charge is 0.269 e. The minimum absolute atomic E-state index is 0.00363.